The molecule has 8 aromatic rings. The minimum atomic E-state index is -3.36. The zero-order chi connectivity index (χ0) is 35.4. The molecule has 2 heterocycles. The lowest BCUT2D eigenvalue weighted by molar-refractivity contribution is 0.593. The van der Waals surface area contributed by atoms with Crippen molar-refractivity contribution in [2.45, 2.75) is 0 Å². The summed E-state index contributed by atoms with van der Waals surface area (Å²) < 4.78 is 16.5. The highest BCUT2D eigenvalue weighted by Crippen LogP contribution is 2.68. The Morgan fingerprint density at radius 3 is 1.53 bits per heavy atom. The summed E-state index contributed by atoms with van der Waals surface area (Å²) in [6, 6.07) is 72.3. The summed E-state index contributed by atoms with van der Waals surface area (Å²) in [6.07, 6.45) is 0. The van der Waals surface area contributed by atoms with Crippen molar-refractivity contribution >= 4 is 45.7 Å². The van der Waals surface area contributed by atoms with Gasteiger partial charge in [0.25, 0.3) is 0 Å². The molecule has 53 heavy (non-hydrogen) atoms. The first-order valence-electron chi connectivity index (χ1n) is 18.0. The third kappa shape index (κ3) is 5.06. The lowest BCUT2D eigenvalue weighted by Gasteiger charge is -2.29. The fraction of sp³-hybridized carbons (Fsp3) is 0. The Balaban J connectivity index is 1.19. The standard InChI is InChI=1S/C50H34NOP/c52-53(42-25-15-23-40(34-42)36-18-5-2-6-19-36)48-31-12-9-28-45(48)49-43-26-7-10-29-46(43)51(47-30-11-8-27-44(47)50(49)53)41-24-14-22-39(33-41)38-21-13-20-37(32-38)35-16-3-1-4-17-35/h1-34H. The van der Waals surface area contributed by atoms with Gasteiger partial charge < -0.3 is 9.46 Å². The summed E-state index contributed by atoms with van der Waals surface area (Å²) in [4.78, 5) is 2.36. The van der Waals surface area contributed by atoms with E-state index in [4.69, 9.17) is 0 Å². The van der Waals surface area contributed by atoms with Gasteiger partial charge in [0.2, 0.25) is 0 Å². The zero-order valence-electron chi connectivity index (χ0n) is 28.9. The average Bonchev–Trinajstić information content (AvgIpc) is 3.42. The number of nitrogens with zero attached hydrogens (tertiary/aromatic N) is 1. The summed E-state index contributed by atoms with van der Waals surface area (Å²) in [5.74, 6) is 0. The number of fused-ring (bicyclic) bond motifs is 6. The first-order valence-corrected chi connectivity index (χ1v) is 19.7. The van der Waals surface area contributed by atoms with E-state index in [-0.39, 0.29) is 0 Å². The van der Waals surface area contributed by atoms with Crippen LogP contribution < -0.4 is 15.5 Å². The molecule has 1 unspecified atom stereocenters. The fourth-order valence-electron chi connectivity index (χ4n) is 8.21. The Bertz CT molecular complexity index is 2770. The molecule has 2 aliphatic rings. The molecule has 0 saturated heterocycles. The molecule has 1 atom stereocenters. The molecule has 0 bridgehead atoms. The minimum absolute atomic E-state index is 0.845. The van der Waals surface area contributed by atoms with Crippen LogP contribution in [0.3, 0.4) is 0 Å². The van der Waals surface area contributed by atoms with Crippen LogP contribution in [0.4, 0.5) is 17.1 Å². The van der Waals surface area contributed by atoms with Crippen molar-refractivity contribution in [2.75, 3.05) is 4.90 Å². The van der Waals surface area contributed by atoms with Crippen molar-refractivity contribution in [3.8, 4) is 33.4 Å². The van der Waals surface area contributed by atoms with Crippen LogP contribution in [0.25, 0.3) is 44.3 Å². The van der Waals surface area contributed by atoms with Crippen molar-refractivity contribution < 1.29 is 4.57 Å². The second-order valence-corrected chi connectivity index (χ2v) is 16.3. The van der Waals surface area contributed by atoms with Crippen LogP contribution in [0.1, 0.15) is 16.7 Å². The quantitative estimate of drug-likeness (QED) is 0.167. The van der Waals surface area contributed by atoms with Crippen LogP contribution in [-0.2, 0) is 4.57 Å². The van der Waals surface area contributed by atoms with Gasteiger partial charge in [-0.25, -0.2) is 0 Å². The molecule has 0 aliphatic carbocycles. The summed E-state index contributed by atoms with van der Waals surface area (Å²) in [5, 5.41) is 2.65. The second kappa shape index (κ2) is 12.6. The van der Waals surface area contributed by atoms with E-state index in [0.29, 0.717) is 0 Å². The van der Waals surface area contributed by atoms with Gasteiger partial charge in [0, 0.05) is 38.3 Å². The van der Waals surface area contributed by atoms with Crippen LogP contribution >= 0.6 is 7.14 Å². The van der Waals surface area contributed by atoms with Gasteiger partial charge in [0.15, 0.2) is 7.14 Å². The number of para-hydroxylation sites is 2. The molecule has 2 nitrogen and oxygen atoms in total. The molecule has 0 aromatic heterocycles. The smallest absolute Gasteiger partial charge is 0.172 e. The van der Waals surface area contributed by atoms with Gasteiger partial charge in [0.1, 0.15) is 0 Å². The molecule has 8 aromatic carbocycles. The Hall–Kier alpha value is -6.47. The predicted molar refractivity (Wildman–Crippen MR) is 223 cm³/mol. The predicted octanol–water partition coefficient (Wildman–Crippen LogP) is 12.7. The Morgan fingerprint density at radius 2 is 0.830 bits per heavy atom. The van der Waals surface area contributed by atoms with E-state index in [9.17, 15) is 0 Å². The summed E-state index contributed by atoms with van der Waals surface area (Å²) in [5.41, 5.74) is 14.1. The van der Waals surface area contributed by atoms with Crippen LogP contribution in [0, 0.1) is 0 Å². The SMILES string of the molecule is O=P1(c2cccc(-c3ccccc3)c2)C2=C(c3ccccc3N(c3cccc(-c4cccc(-c5ccccc5)c4)c3)c3ccccc32)c2ccccc21. The second-order valence-electron chi connectivity index (χ2n) is 13.6. The summed E-state index contributed by atoms with van der Waals surface area (Å²) in [6.45, 7) is 0. The van der Waals surface area contributed by atoms with E-state index >= 15 is 4.57 Å². The van der Waals surface area contributed by atoms with E-state index in [2.05, 4.69) is 199 Å². The lowest BCUT2D eigenvalue weighted by atomic mass is 9.95. The normalized spacial score (nSPS) is 15.6. The molecule has 0 fully saturated rings. The topological polar surface area (TPSA) is 20.3 Å². The molecule has 250 valence electrons. The molecule has 0 N–H and O–H groups in total. The molecule has 3 heteroatoms. The van der Waals surface area contributed by atoms with Crippen molar-refractivity contribution in [3.63, 3.8) is 0 Å². The monoisotopic (exact) mass is 695 g/mol. The van der Waals surface area contributed by atoms with Crippen LogP contribution in [0.5, 0.6) is 0 Å². The number of hydrogen-bond donors (Lipinski definition) is 0. The third-order valence-electron chi connectivity index (χ3n) is 10.6. The molecule has 0 saturated carbocycles. The highest BCUT2D eigenvalue weighted by molar-refractivity contribution is 7.88. The molecule has 2 aliphatic heterocycles. The van der Waals surface area contributed by atoms with Crippen LogP contribution in [0.2, 0.25) is 0 Å². The van der Waals surface area contributed by atoms with Gasteiger partial charge in [-0.2, -0.15) is 0 Å². The summed E-state index contributed by atoms with van der Waals surface area (Å²) >= 11 is 0. The van der Waals surface area contributed by atoms with Crippen molar-refractivity contribution in [1.29, 1.82) is 0 Å². The maximum Gasteiger partial charge on any atom is 0.172 e. The highest BCUT2D eigenvalue weighted by atomic mass is 31.2. The Morgan fingerprint density at radius 1 is 0.358 bits per heavy atom. The van der Waals surface area contributed by atoms with Gasteiger partial charge in [-0.15, -0.1) is 0 Å². The van der Waals surface area contributed by atoms with Gasteiger partial charge in [-0.1, -0.05) is 170 Å². The van der Waals surface area contributed by atoms with Crippen LogP contribution in [-0.4, -0.2) is 0 Å². The Labute approximate surface area is 310 Å². The zero-order valence-corrected chi connectivity index (χ0v) is 29.8. The van der Waals surface area contributed by atoms with Crippen molar-refractivity contribution in [1.82, 2.24) is 0 Å². The molecule has 0 spiro atoms. The van der Waals surface area contributed by atoms with Crippen LogP contribution in [0.15, 0.2) is 206 Å². The maximum atomic E-state index is 16.5. The van der Waals surface area contributed by atoms with Gasteiger partial charge >= 0.3 is 0 Å². The van der Waals surface area contributed by atoms with E-state index in [0.717, 1.165) is 77.5 Å². The number of hydrogen-bond acceptors (Lipinski definition) is 2. The highest BCUT2D eigenvalue weighted by Gasteiger charge is 2.46. The number of anilines is 3. The van der Waals surface area contributed by atoms with Gasteiger partial charge in [-0.3, -0.25) is 0 Å². The maximum absolute atomic E-state index is 16.5. The van der Waals surface area contributed by atoms with Gasteiger partial charge in [0.05, 0.1) is 11.4 Å². The molecule has 0 amide bonds. The molecular formula is C50H34NOP. The van der Waals surface area contributed by atoms with E-state index < -0.39 is 7.14 Å². The molecule has 0 radical (unpaired) electrons. The lowest BCUT2D eigenvalue weighted by Crippen LogP contribution is -2.17. The minimum Gasteiger partial charge on any atom is -0.309 e. The number of rotatable bonds is 5. The molecular weight excluding hydrogens is 662 g/mol. The van der Waals surface area contributed by atoms with Crippen molar-refractivity contribution in [3.05, 3.63) is 223 Å². The van der Waals surface area contributed by atoms with Gasteiger partial charge in [-0.05, 0) is 75.3 Å². The number of benzene rings is 8. The molecule has 10 rings (SSSR count). The fourth-order valence-corrected chi connectivity index (χ4v) is 11.5. The third-order valence-corrected chi connectivity index (χ3v) is 13.8. The Kier molecular flexibility index (Phi) is 7.46. The van der Waals surface area contributed by atoms with E-state index in [1.54, 1.807) is 0 Å². The van der Waals surface area contributed by atoms with E-state index in [1.165, 1.54) is 11.1 Å². The largest absolute Gasteiger partial charge is 0.309 e. The average molecular weight is 696 g/mol. The van der Waals surface area contributed by atoms with Crippen molar-refractivity contribution in [2.24, 2.45) is 0 Å². The first-order chi connectivity index (χ1) is 26.2. The summed E-state index contributed by atoms with van der Waals surface area (Å²) in [7, 11) is -3.36. The van der Waals surface area contributed by atoms with E-state index in [1.807, 2.05) is 12.1 Å². The first kappa shape index (κ1) is 31.3.